The van der Waals surface area contributed by atoms with Crippen molar-refractivity contribution in [1.82, 2.24) is 19.6 Å². The van der Waals surface area contributed by atoms with Crippen LogP contribution in [-0.2, 0) is 25.7 Å². The molecule has 2 rings (SSSR count). The topological polar surface area (TPSA) is 134 Å². The number of nitrogens with zero attached hydrogens (tertiary/aromatic N) is 4. The molecule has 0 unspecified atom stereocenters. The van der Waals surface area contributed by atoms with Crippen molar-refractivity contribution in [3.8, 4) is 0 Å². The van der Waals surface area contributed by atoms with E-state index in [2.05, 4.69) is 0 Å². The van der Waals surface area contributed by atoms with Gasteiger partial charge in [-0.3, -0.25) is 34.0 Å². The van der Waals surface area contributed by atoms with Crippen LogP contribution in [0, 0.1) is 0 Å². The number of carboxylic acids is 3. The normalized spacial score (nSPS) is 18.3. The van der Waals surface area contributed by atoms with Crippen molar-refractivity contribution < 1.29 is 34.4 Å². The highest BCUT2D eigenvalue weighted by molar-refractivity contribution is 5.69. The van der Waals surface area contributed by atoms with Crippen molar-refractivity contribution in [2.75, 3.05) is 78.7 Å². The van der Waals surface area contributed by atoms with Crippen LogP contribution < -0.4 is 0 Å². The zero-order valence-corrected chi connectivity index (χ0v) is 18.8. The van der Waals surface area contributed by atoms with Gasteiger partial charge in [0, 0.05) is 52.4 Å². The Morgan fingerprint density at radius 2 is 1.00 bits per heavy atom. The maximum absolute atomic E-state index is 11.3. The van der Waals surface area contributed by atoms with E-state index in [0.717, 1.165) is 5.56 Å². The summed E-state index contributed by atoms with van der Waals surface area (Å²) in [6, 6.07) is 9.77. The Hall–Kier alpha value is -2.57. The van der Waals surface area contributed by atoms with Crippen LogP contribution in [0.25, 0.3) is 0 Å². The Morgan fingerprint density at radius 1 is 0.636 bits per heavy atom. The molecule has 0 atom stereocenters. The Kier molecular flexibility index (Phi) is 11.8. The molecule has 11 nitrogen and oxygen atoms in total. The minimum absolute atomic E-state index is 0.134. The molecule has 0 amide bonds. The van der Waals surface area contributed by atoms with E-state index in [1.165, 1.54) is 0 Å². The highest BCUT2D eigenvalue weighted by atomic mass is 16.5. The number of carbonyl (C=O) groups is 3. The van der Waals surface area contributed by atoms with E-state index in [1.807, 2.05) is 35.2 Å². The van der Waals surface area contributed by atoms with Gasteiger partial charge in [-0.05, 0) is 5.56 Å². The molecule has 1 fully saturated rings. The average molecular weight is 467 g/mol. The van der Waals surface area contributed by atoms with Gasteiger partial charge in [-0.1, -0.05) is 30.3 Å². The first-order valence-corrected chi connectivity index (χ1v) is 11.0. The van der Waals surface area contributed by atoms with Crippen molar-refractivity contribution in [2.24, 2.45) is 0 Å². The lowest BCUT2D eigenvalue weighted by Crippen LogP contribution is -2.48. The molecule has 0 bridgehead atoms. The smallest absolute Gasteiger partial charge is 0.317 e. The molecule has 0 aliphatic carbocycles. The van der Waals surface area contributed by atoms with Gasteiger partial charge in [0.1, 0.15) is 0 Å². The fourth-order valence-corrected chi connectivity index (χ4v) is 3.62. The summed E-state index contributed by atoms with van der Waals surface area (Å²) in [6.45, 7) is 3.92. The fourth-order valence-electron chi connectivity index (χ4n) is 3.62. The third-order valence-electron chi connectivity index (χ3n) is 5.39. The van der Waals surface area contributed by atoms with Crippen LogP contribution >= 0.6 is 0 Å². The number of rotatable bonds is 10. The first-order chi connectivity index (χ1) is 15.8. The number of hydrogen-bond acceptors (Lipinski definition) is 8. The van der Waals surface area contributed by atoms with Gasteiger partial charge in [-0.25, -0.2) is 0 Å². The van der Waals surface area contributed by atoms with E-state index in [0.29, 0.717) is 65.7 Å². The molecule has 1 aliphatic heterocycles. The van der Waals surface area contributed by atoms with E-state index >= 15 is 0 Å². The Balaban J connectivity index is 2.04. The number of ether oxygens (including phenoxy) is 1. The summed E-state index contributed by atoms with van der Waals surface area (Å²) in [4.78, 5) is 41.2. The molecule has 1 aromatic carbocycles. The number of hydrogen-bond donors (Lipinski definition) is 3. The van der Waals surface area contributed by atoms with Crippen LogP contribution in [0.2, 0.25) is 0 Å². The van der Waals surface area contributed by atoms with Gasteiger partial charge in [0.25, 0.3) is 0 Å². The van der Waals surface area contributed by atoms with Crippen molar-refractivity contribution in [2.45, 2.75) is 6.61 Å². The summed E-state index contributed by atoms with van der Waals surface area (Å²) in [7, 11) is 0. The van der Waals surface area contributed by atoms with Crippen LogP contribution in [-0.4, -0.2) is 132 Å². The second kappa shape index (κ2) is 14.6. The molecular weight excluding hydrogens is 432 g/mol. The zero-order valence-electron chi connectivity index (χ0n) is 18.8. The maximum atomic E-state index is 11.3. The monoisotopic (exact) mass is 466 g/mol. The SMILES string of the molecule is O=C(O)CN1CCN(COCc2ccccc2)CCN(CC(=O)O)CCN(CC(=O)O)CC1. The Labute approximate surface area is 193 Å². The van der Waals surface area contributed by atoms with Crippen LogP contribution in [0.4, 0.5) is 0 Å². The van der Waals surface area contributed by atoms with Crippen LogP contribution in [0.1, 0.15) is 5.56 Å². The fraction of sp³-hybridized carbons (Fsp3) is 0.591. The second-order valence-corrected chi connectivity index (χ2v) is 8.09. The minimum atomic E-state index is -0.974. The number of benzene rings is 1. The van der Waals surface area contributed by atoms with Crippen LogP contribution in [0.5, 0.6) is 0 Å². The predicted molar refractivity (Wildman–Crippen MR) is 120 cm³/mol. The second-order valence-electron chi connectivity index (χ2n) is 8.09. The van der Waals surface area contributed by atoms with Crippen molar-refractivity contribution in [3.63, 3.8) is 0 Å². The molecule has 1 heterocycles. The maximum Gasteiger partial charge on any atom is 0.317 e. The van der Waals surface area contributed by atoms with Gasteiger partial charge < -0.3 is 20.1 Å². The molecule has 0 radical (unpaired) electrons. The summed E-state index contributed by atoms with van der Waals surface area (Å²) in [5, 5.41) is 27.7. The van der Waals surface area contributed by atoms with Crippen molar-refractivity contribution in [3.05, 3.63) is 35.9 Å². The summed E-state index contributed by atoms with van der Waals surface area (Å²) in [5.74, 6) is -2.85. The molecule has 11 heteroatoms. The lowest BCUT2D eigenvalue weighted by Gasteiger charge is -2.33. The van der Waals surface area contributed by atoms with Crippen molar-refractivity contribution >= 4 is 17.9 Å². The predicted octanol–water partition coefficient (Wildman–Crippen LogP) is -0.364. The minimum Gasteiger partial charge on any atom is -0.480 e. The van der Waals surface area contributed by atoms with Crippen molar-refractivity contribution in [1.29, 1.82) is 0 Å². The van der Waals surface area contributed by atoms with E-state index < -0.39 is 17.9 Å². The third-order valence-corrected chi connectivity index (χ3v) is 5.39. The molecule has 0 saturated carbocycles. The standard InChI is InChI=1S/C22H34N4O7/c27-20(28)14-23-6-8-24(15-21(29)30)10-12-26(13-11-25(9-7-23)16-22(31)32)18-33-17-19-4-2-1-3-5-19/h1-5H,6-18H2,(H,27,28)(H,29,30)(H,31,32). The molecule has 1 aromatic rings. The first-order valence-electron chi connectivity index (χ1n) is 11.0. The molecule has 3 N–H and O–H groups in total. The zero-order chi connectivity index (χ0) is 24.1. The van der Waals surface area contributed by atoms with Gasteiger partial charge in [0.2, 0.25) is 0 Å². The van der Waals surface area contributed by atoms with Gasteiger partial charge in [0.05, 0.1) is 33.0 Å². The van der Waals surface area contributed by atoms with Gasteiger partial charge in [0.15, 0.2) is 0 Å². The van der Waals surface area contributed by atoms with E-state index in [1.54, 1.807) is 14.7 Å². The molecule has 1 aliphatic rings. The summed E-state index contributed by atoms with van der Waals surface area (Å²) < 4.78 is 5.86. The van der Waals surface area contributed by atoms with Gasteiger partial charge in [-0.2, -0.15) is 0 Å². The number of carboxylic acid groups (broad SMARTS) is 3. The quantitative estimate of drug-likeness (QED) is 0.417. The lowest BCUT2D eigenvalue weighted by molar-refractivity contribution is -0.140. The summed E-state index contributed by atoms with van der Waals surface area (Å²) in [5.41, 5.74) is 1.05. The average Bonchev–Trinajstić information content (AvgIpc) is 2.75. The van der Waals surface area contributed by atoms with Gasteiger partial charge in [-0.15, -0.1) is 0 Å². The molecule has 0 spiro atoms. The molecule has 33 heavy (non-hydrogen) atoms. The van der Waals surface area contributed by atoms with E-state index in [-0.39, 0.29) is 19.6 Å². The number of aliphatic carboxylic acids is 3. The highest BCUT2D eigenvalue weighted by Crippen LogP contribution is 2.04. The Morgan fingerprint density at radius 3 is 1.36 bits per heavy atom. The van der Waals surface area contributed by atoms with E-state index in [4.69, 9.17) is 4.74 Å². The largest absolute Gasteiger partial charge is 0.480 e. The van der Waals surface area contributed by atoms with Crippen LogP contribution in [0.15, 0.2) is 30.3 Å². The Bertz CT molecular complexity index is 718. The first kappa shape index (κ1) is 26.7. The lowest BCUT2D eigenvalue weighted by atomic mass is 10.2. The van der Waals surface area contributed by atoms with Gasteiger partial charge >= 0.3 is 17.9 Å². The molecule has 184 valence electrons. The van der Waals surface area contributed by atoms with Crippen LogP contribution in [0.3, 0.4) is 0 Å². The highest BCUT2D eigenvalue weighted by Gasteiger charge is 2.20. The summed E-state index contributed by atoms with van der Waals surface area (Å²) >= 11 is 0. The summed E-state index contributed by atoms with van der Waals surface area (Å²) in [6.07, 6.45) is 0. The molecule has 1 saturated heterocycles. The third kappa shape index (κ3) is 11.7. The molecule has 0 aromatic heterocycles. The van der Waals surface area contributed by atoms with E-state index in [9.17, 15) is 29.7 Å². The molecular formula is C22H34N4O7.